The molecule has 0 amide bonds. The van der Waals surface area contributed by atoms with Crippen LogP contribution in [0.4, 0.5) is 0 Å². The lowest BCUT2D eigenvalue weighted by molar-refractivity contribution is -0.161. The van der Waals surface area contributed by atoms with Crippen molar-refractivity contribution >= 4 is 39.5 Å². The van der Waals surface area contributed by atoms with Crippen molar-refractivity contribution in [3.63, 3.8) is 0 Å². The Morgan fingerprint density at radius 3 is 0.880 bits per heavy atom. The van der Waals surface area contributed by atoms with Gasteiger partial charge in [0, 0.05) is 25.7 Å². The van der Waals surface area contributed by atoms with Crippen molar-refractivity contribution in [2.24, 2.45) is 0 Å². The number of aliphatic hydroxyl groups excluding tert-OH is 1. The van der Waals surface area contributed by atoms with E-state index >= 15 is 0 Å². The Bertz CT molecular complexity index is 2370. The molecule has 0 aliphatic rings. The third kappa shape index (κ3) is 71.8. The molecule has 0 heterocycles. The monoisotopic (exact) mass is 1440 g/mol. The number of ether oxygens (including phenoxy) is 4. The molecule has 574 valence electrons. The minimum atomic E-state index is -5.00. The normalized spacial score (nSPS) is 14.6. The molecule has 0 aromatic carbocycles. The van der Waals surface area contributed by atoms with Crippen molar-refractivity contribution in [3.8, 4) is 0 Å². The van der Waals surface area contributed by atoms with Gasteiger partial charge in [0.1, 0.15) is 19.3 Å². The lowest BCUT2D eigenvalue weighted by Gasteiger charge is -2.21. The third-order valence-electron chi connectivity index (χ3n) is 15.9. The molecule has 0 fully saturated rings. The number of unbranched alkanes of at least 4 members (excludes halogenated alkanes) is 26. The maximum atomic E-state index is 13.1. The predicted molar refractivity (Wildman–Crippen MR) is 408 cm³/mol. The zero-order valence-corrected chi connectivity index (χ0v) is 64.4. The Balaban J connectivity index is 5.42. The highest BCUT2D eigenvalue weighted by atomic mass is 31.2. The molecule has 0 saturated heterocycles. The second kappa shape index (κ2) is 72.8. The summed E-state index contributed by atoms with van der Waals surface area (Å²) in [6.07, 6.45) is 79.1. The van der Waals surface area contributed by atoms with Crippen LogP contribution in [0.1, 0.15) is 310 Å². The molecular weight excluding hydrogens is 1310 g/mol. The average molecular weight is 1450 g/mol. The van der Waals surface area contributed by atoms with Crippen LogP contribution in [-0.2, 0) is 65.4 Å². The average Bonchev–Trinajstić information content (AvgIpc) is 0.946. The number of rotatable bonds is 72. The van der Waals surface area contributed by atoms with Gasteiger partial charge in [-0.15, -0.1) is 0 Å². The second-order valence-corrected chi connectivity index (χ2v) is 28.4. The van der Waals surface area contributed by atoms with E-state index in [4.69, 9.17) is 37.0 Å². The number of hydrogen-bond acceptors (Lipinski definition) is 15. The first-order chi connectivity index (χ1) is 48.7. The molecule has 3 N–H and O–H groups in total. The minimum absolute atomic E-state index is 0.0300. The number of phosphoric acid groups is 2. The van der Waals surface area contributed by atoms with E-state index in [1.165, 1.54) is 77.0 Å². The fourth-order valence-corrected chi connectivity index (χ4v) is 11.7. The quantitative estimate of drug-likeness (QED) is 0.0169. The molecule has 19 heteroatoms. The van der Waals surface area contributed by atoms with Gasteiger partial charge in [-0.25, -0.2) is 9.13 Å². The van der Waals surface area contributed by atoms with Gasteiger partial charge in [0.05, 0.1) is 26.4 Å². The van der Waals surface area contributed by atoms with Gasteiger partial charge in [-0.2, -0.15) is 0 Å². The van der Waals surface area contributed by atoms with Crippen LogP contribution in [0.5, 0.6) is 0 Å². The molecule has 5 unspecified atom stereocenters. The van der Waals surface area contributed by atoms with Gasteiger partial charge in [0.2, 0.25) is 0 Å². The highest BCUT2D eigenvalue weighted by Gasteiger charge is 2.30. The first-order valence-corrected chi connectivity index (χ1v) is 41.8. The molecule has 0 aliphatic carbocycles. The largest absolute Gasteiger partial charge is 0.472 e. The van der Waals surface area contributed by atoms with Gasteiger partial charge in [-0.3, -0.25) is 37.3 Å². The Kier molecular flexibility index (Phi) is 69.5. The van der Waals surface area contributed by atoms with Crippen LogP contribution in [0.3, 0.4) is 0 Å². The summed E-state index contributed by atoms with van der Waals surface area (Å²) in [5.41, 5.74) is 0. The highest BCUT2D eigenvalue weighted by molar-refractivity contribution is 7.47. The molecule has 0 rings (SSSR count). The number of esters is 4. The molecule has 0 spiro atoms. The minimum Gasteiger partial charge on any atom is -0.462 e. The number of hydrogen-bond donors (Lipinski definition) is 3. The Labute approximate surface area is 606 Å². The van der Waals surface area contributed by atoms with Crippen molar-refractivity contribution < 1.29 is 80.2 Å². The van der Waals surface area contributed by atoms with Gasteiger partial charge in [0.25, 0.3) is 0 Å². The third-order valence-corrected chi connectivity index (χ3v) is 17.8. The van der Waals surface area contributed by atoms with Gasteiger partial charge in [0.15, 0.2) is 12.2 Å². The van der Waals surface area contributed by atoms with E-state index < -0.39 is 97.5 Å². The van der Waals surface area contributed by atoms with E-state index in [1.807, 2.05) is 18.2 Å². The molecule has 0 aliphatic heterocycles. The summed E-state index contributed by atoms with van der Waals surface area (Å²) in [6.45, 7) is 4.53. The first-order valence-electron chi connectivity index (χ1n) is 38.8. The number of carbonyl (C=O) groups excluding carboxylic acids is 4. The maximum absolute atomic E-state index is 13.1. The first kappa shape index (κ1) is 95.5. The molecule has 100 heavy (non-hydrogen) atoms. The number of aliphatic hydroxyl groups is 1. The lowest BCUT2D eigenvalue weighted by atomic mass is 10.0. The fraction of sp³-hybridized carbons (Fsp3) is 0.704. The van der Waals surface area contributed by atoms with Crippen molar-refractivity contribution in [2.75, 3.05) is 39.6 Å². The summed E-state index contributed by atoms with van der Waals surface area (Å²) in [6, 6.07) is 0. The van der Waals surface area contributed by atoms with Gasteiger partial charge >= 0.3 is 39.5 Å². The van der Waals surface area contributed by atoms with Crippen molar-refractivity contribution in [2.45, 2.75) is 329 Å². The van der Waals surface area contributed by atoms with Gasteiger partial charge in [-0.05, 0) is 122 Å². The molecule has 17 nitrogen and oxygen atoms in total. The van der Waals surface area contributed by atoms with Crippen LogP contribution in [0.2, 0.25) is 0 Å². The van der Waals surface area contributed by atoms with E-state index in [2.05, 4.69) is 131 Å². The standard InChI is InChI=1S/C81H138O17P2/c1-5-9-13-17-21-25-29-33-35-36-37-38-40-43-46-50-54-58-62-66-79(84)92-72-77(98-81(86)68-64-60-56-52-48-44-39-34-30-26-22-18-14-10-6-2)74-96-100(89,90)94-70-75(82)69-93-99(87,88)95-73-76(97-80(85)67-63-59-55-51-47-42-32-28-24-20-16-12-8-4)71-91-78(83)65-61-57-53-49-45-41-31-27-23-19-15-11-7-3/h9-10,13-14,21-22,25-27,31,33-35,37-39,43,46,54,58,75-77,82H,5-8,11-12,15-20,23-24,28-30,32,36,40-42,44-45,47-53,55-57,59-74H2,1-4H3,(H,87,88)(H,89,90)/b13-9-,14-10-,25-21-,26-22-,31-27-,35-33-,38-37-,39-34-,46-43-,58-54-. The fourth-order valence-electron chi connectivity index (χ4n) is 10.1. The van der Waals surface area contributed by atoms with Crippen LogP contribution in [0.15, 0.2) is 122 Å². The van der Waals surface area contributed by atoms with Crippen LogP contribution < -0.4 is 0 Å². The zero-order chi connectivity index (χ0) is 73.2. The van der Waals surface area contributed by atoms with E-state index in [0.29, 0.717) is 32.1 Å². The van der Waals surface area contributed by atoms with Crippen molar-refractivity contribution in [3.05, 3.63) is 122 Å². The van der Waals surface area contributed by atoms with Crippen LogP contribution >= 0.6 is 15.6 Å². The molecule has 0 radical (unpaired) electrons. The van der Waals surface area contributed by atoms with Gasteiger partial charge in [-0.1, -0.05) is 284 Å². The van der Waals surface area contributed by atoms with Crippen LogP contribution in [0, 0.1) is 0 Å². The summed E-state index contributed by atoms with van der Waals surface area (Å²) in [4.78, 5) is 72.8. The van der Waals surface area contributed by atoms with Crippen molar-refractivity contribution in [1.82, 2.24) is 0 Å². The number of phosphoric ester groups is 2. The predicted octanol–water partition coefficient (Wildman–Crippen LogP) is 22.3. The highest BCUT2D eigenvalue weighted by Crippen LogP contribution is 2.45. The van der Waals surface area contributed by atoms with Gasteiger partial charge < -0.3 is 33.8 Å². The summed E-state index contributed by atoms with van der Waals surface area (Å²) >= 11 is 0. The molecular formula is C81H138O17P2. The van der Waals surface area contributed by atoms with E-state index in [1.54, 1.807) is 0 Å². The second-order valence-electron chi connectivity index (χ2n) is 25.5. The summed E-state index contributed by atoms with van der Waals surface area (Å²) in [7, 11) is -9.98. The molecule has 0 saturated carbocycles. The van der Waals surface area contributed by atoms with E-state index in [-0.39, 0.29) is 25.7 Å². The van der Waals surface area contributed by atoms with E-state index in [9.17, 15) is 43.2 Å². The SMILES string of the molecule is CC/C=C\C/C=C\C/C=C\C/C=C\C/C=C\C/C=C\CCC(=O)OCC(COP(=O)(O)OCC(O)COP(=O)(O)OCC(COC(=O)CCCCCCC/C=C\CCCCCC)OC(=O)CCCCCCCCCCCCCCC)OC(=O)CCCCCCC/C=C\C/C=C\C/C=C\CC. The Hall–Kier alpha value is -4.54. The van der Waals surface area contributed by atoms with Crippen LogP contribution in [-0.4, -0.2) is 96.7 Å². The van der Waals surface area contributed by atoms with E-state index in [0.717, 1.165) is 148 Å². The Morgan fingerprint density at radius 2 is 0.540 bits per heavy atom. The zero-order valence-electron chi connectivity index (χ0n) is 62.6. The molecule has 0 aromatic rings. The topological polar surface area (TPSA) is 237 Å². The molecule has 0 bridgehead atoms. The van der Waals surface area contributed by atoms with Crippen LogP contribution in [0.25, 0.3) is 0 Å². The lowest BCUT2D eigenvalue weighted by Crippen LogP contribution is -2.30. The molecule has 0 aromatic heterocycles. The summed E-state index contributed by atoms with van der Waals surface area (Å²) in [5, 5.41) is 10.6. The number of allylic oxidation sites excluding steroid dienone is 20. The van der Waals surface area contributed by atoms with Crippen molar-refractivity contribution in [1.29, 1.82) is 0 Å². The Morgan fingerprint density at radius 1 is 0.290 bits per heavy atom. The number of carbonyl (C=O) groups is 4. The summed E-state index contributed by atoms with van der Waals surface area (Å²) in [5.74, 6) is -2.29. The molecule has 5 atom stereocenters. The maximum Gasteiger partial charge on any atom is 0.472 e. The summed E-state index contributed by atoms with van der Waals surface area (Å²) < 4.78 is 68.4. The smallest absolute Gasteiger partial charge is 0.462 e.